The Kier molecular flexibility index (Phi) is 9.05. The van der Waals surface area contributed by atoms with Gasteiger partial charge in [-0.3, -0.25) is 0 Å². The maximum atomic E-state index is 2.41. The van der Waals surface area contributed by atoms with Crippen molar-refractivity contribution in [3.8, 4) is 66.8 Å². The quantitative estimate of drug-likeness (QED) is 0.161. The first kappa shape index (κ1) is 39.6. The van der Waals surface area contributed by atoms with Gasteiger partial charge in [-0.15, -0.1) is 11.3 Å². The summed E-state index contributed by atoms with van der Waals surface area (Å²) in [6, 6.07) is 96.9. The van der Waals surface area contributed by atoms with Gasteiger partial charge in [-0.25, -0.2) is 0 Å². The number of fused-ring (bicyclic) bond motifs is 15. The maximum Gasteiger partial charge on any atom is 0.0725 e. The molecule has 2 aliphatic rings. The molecular formula is C67H43NS. The highest BCUT2D eigenvalue weighted by Gasteiger charge is 2.50. The number of thiophene rings is 1. The lowest BCUT2D eigenvalue weighted by molar-refractivity contribution is 0.775. The zero-order valence-electron chi connectivity index (χ0n) is 37.7. The lowest BCUT2D eigenvalue weighted by Gasteiger charge is -2.35. The van der Waals surface area contributed by atoms with Crippen LogP contribution in [0.1, 0.15) is 22.3 Å². The normalized spacial score (nSPS) is 12.8. The maximum absolute atomic E-state index is 2.41. The average Bonchev–Trinajstić information content (AvgIpc) is 3.93. The van der Waals surface area contributed by atoms with Gasteiger partial charge in [0.1, 0.15) is 0 Å². The first-order valence-corrected chi connectivity index (χ1v) is 24.6. The molecule has 0 amide bonds. The smallest absolute Gasteiger partial charge is 0.0725 e. The molecule has 1 heterocycles. The molecule has 12 aromatic rings. The number of rotatable bonds is 6. The Labute approximate surface area is 406 Å². The summed E-state index contributed by atoms with van der Waals surface area (Å²) in [4.78, 5) is 2.41. The van der Waals surface area contributed by atoms with E-state index in [1.165, 1.54) is 109 Å². The summed E-state index contributed by atoms with van der Waals surface area (Å²) in [6.45, 7) is 0. The fourth-order valence-electron chi connectivity index (χ4n) is 11.8. The van der Waals surface area contributed by atoms with Gasteiger partial charge in [0.15, 0.2) is 0 Å². The van der Waals surface area contributed by atoms with Crippen molar-refractivity contribution in [2.24, 2.45) is 0 Å². The van der Waals surface area contributed by atoms with Crippen molar-refractivity contribution in [2.75, 3.05) is 4.90 Å². The number of benzene rings is 11. The van der Waals surface area contributed by atoms with Gasteiger partial charge >= 0.3 is 0 Å². The Morgan fingerprint density at radius 1 is 0.275 bits per heavy atom. The second-order valence-corrected chi connectivity index (χ2v) is 19.3. The molecule has 0 N–H and O–H groups in total. The van der Waals surface area contributed by atoms with Crippen molar-refractivity contribution in [1.29, 1.82) is 0 Å². The van der Waals surface area contributed by atoms with E-state index in [9.17, 15) is 0 Å². The molecule has 2 aliphatic carbocycles. The van der Waals surface area contributed by atoms with E-state index in [1.54, 1.807) is 0 Å². The van der Waals surface area contributed by atoms with Gasteiger partial charge in [0.25, 0.3) is 0 Å². The van der Waals surface area contributed by atoms with Crippen molar-refractivity contribution in [2.45, 2.75) is 5.41 Å². The van der Waals surface area contributed by atoms with Crippen molar-refractivity contribution in [3.05, 3.63) is 283 Å². The molecule has 1 nitrogen and oxygen atoms in total. The summed E-state index contributed by atoms with van der Waals surface area (Å²) in [5, 5.41) is 2.63. The Morgan fingerprint density at radius 3 is 1.43 bits per heavy atom. The number of anilines is 3. The van der Waals surface area contributed by atoms with Crippen LogP contribution in [0.3, 0.4) is 0 Å². The van der Waals surface area contributed by atoms with Crippen LogP contribution in [0.25, 0.3) is 86.9 Å². The van der Waals surface area contributed by atoms with Crippen LogP contribution < -0.4 is 4.90 Å². The van der Waals surface area contributed by atoms with Crippen LogP contribution in [0.5, 0.6) is 0 Å². The minimum atomic E-state index is -0.541. The van der Waals surface area contributed by atoms with Crippen LogP contribution in [-0.2, 0) is 5.41 Å². The molecular weight excluding hydrogens is 851 g/mol. The van der Waals surface area contributed by atoms with E-state index in [1.807, 2.05) is 11.3 Å². The zero-order chi connectivity index (χ0) is 45.5. The summed E-state index contributed by atoms with van der Waals surface area (Å²) in [7, 11) is 0. The summed E-state index contributed by atoms with van der Waals surface area (Å²) in [6.07, 6.45) is 0. The van der Waals surface area contributed by atoms with E-state index in [0.717, 1.165) is 17.1 Å². The SMILES string of the molecule is c1ccc(-c2ccc(N(c3ccc(-c4cccc5c4sc4ccccc45)cc3)c3cccc(-c4cccc5c4-c4ccccc4C54c5ccccc5-c5ccccc5-c5ccccc54)c3)cc2)cc1. The summed E-state index contributed by atoms with van der Waals surface area (Å²) >= 11 is 1.88. The predicted octanol–water partition coefficient (Wildman–Crippen LogP) is 18.5. The van der Waals surface area contributed by atoms with Crippen LogP contribution in [0.2, 0.25) is 0 Å². The highest BCUT2D eigenvalue weighted by Crippen LogP contribution is 2.63. The molecule has 0 fully saturated rings. The second-order valence-electron chi connectivity index (χ2n) is 18.3. The Bertz CT molecular complexity index is 3890. The first-order valence-electron chi connectivity index (χ1n) is 23.8. The minimum Gasteiger partial charge on any atom is -0.310 e. The molecule has 0 bridgehead atoms. The van der Waals surface area contributed by atoms with Crippen LogP contribution in [0, 0.1) is 0 Å². The third kappa shape index (κ3) is 6.02. The molecule has 0 unspecified atom stereocenters. The largest absolute Gasteiger partial charge is 0.310 e. The Balaban J connectivity index is 0.944. The third-order valence-electron chi connectivity index (χ3n) is 14.7. The van der Waals surface area contributed by atoms with Crippen molar-refractivity contribution < 1.29 is 0 Å². The topological polar surface area (TPSA) is 3.24 Å². The van der Waals surface area contributed by atoms with Gasteiger partial charge in [0.05, 0.1) is 5.41 Å². The molecule has 1 spiro atoms. The molecule has 0 atom stereocenters. The van der Waals surface area contributed by atoms with Crippen molar-refractivity contribution >= 4 is 48.6 Å². The molecule has 322 valence electrons. The molecule has 69 heavy (non-hydrogen) atoms. The highest BCUT2D eigenvalue weighted by atomic mass is 32.1. The van der Waals surface area contributed by atoms with E-state index in [4.69, 9.17) is 0 Å². The molecule has 0 radical (unpaired) electrons. The third-order valence-corrected chi connectivity index (χ3v) is 15.9. The van der Waals surface area contributed by atoms with Crippen LogP contribution in [-0.4, -0.2) is 0 Å². The molecule has 1 aromatic heterocycles. The molecule has 14 rings (SSSR count). The monoisotopic (exact) mass is 893 g/mol. The van der Waals surface area contributed by atoms with Gasteiger partial charge in [-0.2, -0.15) is 0 Å². The van der Waals surface area contributed by atoms with Gasteiger partial charge in [-0.05, 0) is 131 Å². The zero-order valence-corrected chi connectivity index (χ0v) is 38.5. The first-order chi connectivity index (χ1) is 34.2. The molecule has 11 aromatic carbocycles. The van der Waals surface area contributed by atoms with E-state index >= 15 is 0 Å². The van der Waals surface area contributed by atoms with Crippen LogP contribution >= 0.6 is 11.3 Å². The molecule has 0 saturated heterocycles. The Hall–Kier alpha value is -8.56. The van der Waals surface area contributed by atoms with Crippen LogP contribution in [0.4, 0.5) is 17.1 Å². The number of hydrogen-bond donors (Lipinski definition) is 0. The number of hydrogen-bond acceptors (Lipinski definition) is 2. The molecule has 2 heteroatoms. The molecule has 0 saturated carbocycles. The fourth-order valence-corrected chi connectivity index (χ4v) is 13.0. The average molecular weight is 894 g/mol. The van der Waals surface area contributed by atoms with Crippen molar-refractivity contribution in [1.82, 2.24) is 0 Å². The second kappa shape index (κ2) is 15.8. The van der Waals surface area contributed by atoms with Gasteiger partial charge < -0.3 is 4.90 Å². The Morgan fingerprint density at radius 2 is 0.739 bits per heavy atom. The summed E-state index contributed by atoms with van der Waals surface area (Å²) in [5.41, 5.74) is 23.0. The van der Waals surface area contributed by atoms with E-state index in [0.29, 0.717) is 0 Å². The van der Waals surface area contributed by atoms with Crippen LogP contribution in [0.15, 0.2) is 261 Å². The van der Waals surface area contributed by atoms with Crippen molar-refractivity contribution in [3.63, 3.8) is 0 Å². The molecule has 0 aliphatic heterocycles. The highest BCUT2D eigenvalue weighted by molar-refractivity contribution is 7.26. The van der Waals surface area contributed by atoms with E-state index in [-0.39, 0.29) is 0 Å². The fraction of sp³-hybridized carbons (Fsp3) is 0.0149. The van der Waals surface area contributed by atoms with E-state index in [2.05, 4.69) is 266 Å². The number of nitrogens with zero attached hydrogens (tertiary/aromatic N) is 1. The lowest BCUT2D eigenvalue weighted by Crippen LogP contribution is -2.29. The van der Waals surface area contributed by atoms with Gasteiger partial charge in [-0.1, -0.05) is 218 Å². The van der Waals surface area contributed by atoms with Gasteiger partial charge in [0.2, 0.25) is 0 Å². The summed E-state index contributed by atoms with van der Waals surface area (Å²) in [5.74, 6) is 0. The lowest BCUT2D eigenvalue weighted by atomic mass is 9.66. The standard InChI is InChI=1S/C67H43NS/c1-2-17-44(18-3-1)45-35-39-48(40-36-45)68(49-41-37-46(38-42-49)52-28-15-29-58-57-25-9-13-34-64(57)69-66(52)58)50-20-14-19-47(43-50)51-27-16-33-63-65(51)59-26-8-12-32-62(59)67(63)60-30-10-6-23-55(60)53-21-4-5-22-54(53)56-24-7-11-31-61(56)67/h1-43H. The minimum absolute atomic E-state index is 0.541. The van der Waals surface area contributed by atoms with Gasteiger partial charge in [0, 0.05) is 37.2 Å². The van der Waals surface area contributed by atoms with E-state index < -0.39 is 5.41 Å². The predicted molar refractivity (Wildman–Crippen MR) is 292 cm³/mol. The summed E-state index contributed by atoms with van der Waals surface area (Å²) < 4.78 is 2.64.